The zero-order chi connectivity index (χ0) is 28.0. The van der Waals surface area contributed by atoms with E-state index in [0.717, 1.165) is 44.2 Å². The van der Waals surface area contributed by atoms with Gasteiger partial charge in [0.1, 0.15) is 5.75 Å². The van der Waals surface area contributed by atoms with Gasteiger partial charge < -0.3 is 9.09 Å². The van der Waals surface area contributed by atoms with Crippen LogP contribution in [0.15, 0.2) is 100 Å². The van der Waals surface area contributed by atoms with Gasteiger partial charge in [0.05, 0.1) is 11.3 Å². The van der Waals surface area contributed by atoms with E-state index in [1.165, 1.54) is 12.1 Å². The number of hydrogen-bond donors (Lipinski definition) is 0. The van der Waals surface area contributed by atoms with Crippen LogP contribution in [-0.4, -0.2) is 9.72 Å². The van der Waals surface area contributed by atoms with Crippen LogP contribution in [0.4, 0.5) is 18.9 Å². The standard InChI is InChI=1S/C31H29BrF3N2OP/c1-5-37-28-13-9-6-10-24(28)25-20-23(18-19-29(25)37)39(30(2,3)4,38-22-16-14-21(32)15-17-22)36-27-12-8-7-11-26(27)31(33,34)35/h6-20H,5H2,1-4H3/t39-/m1/s1. The Hall–Kier alpha value is -3.02. The topological polar surface area (TPSA) is 26.5 Å². The zero-order valence-electron chi connectivity index (χ0n) is 22.1. The minimum atomic E-state index is -4.55. The summed E-state index contributed by atoms with van der Waals surface area (Å²) in [5.41, 5.74) is 1.27. The fourth-order valence-electron chi connectivity index (χ4n) is 4.98. The Morgan fingerprint density at radius 1 is 0.821 bits per heavy atom. The molecule has 1 atom stereocenters. The minimum absolute atomic E-state index is 0.124. The van der Waals surface area contributed by atoms with Gasteiger partial charge in [-0.15, -0.1) is 0 Å². The normalized spacial score (nSPS) is 13.9. The molecule has 0 saturated carbocycles. The summed E-state index contributed by atoms with van der Waals surface area (Å²) in [6, 6.07) is 27.1. The first-order valence-electron chi connectivity index (χ1n) is 12.7. The Morgan fingerprint density at radius 3 is 2.13 bits per heavy atom. The fraction of sp³-hybridized carbons (Fsp3) is 0.226. The fourth-order valence-corrected chi connectivity index (χ4v) is 8.34. The lowest BCUT2D eigenvalue weighted by Gasteiger charge is -2.37. The van der Waals surface area contributed by atoms with Crippen LogP contribution in [0.3, 0.4) is 0 Å². The van der Waals surface area contributed by atoms with Crippen molar-refractivity contribution in [1.82, 2.24) is 4.57 Å². The first-order chi connectivity index (χ1) is 18.4. The monoisotopic (exact) mass is 612 g/mol. The molecule has 4 aromatic carbocycles. The Labute approximate surface area is 234 Å². The summed E-state index contributed by atoms with van der Waals surface area (Å²) in [5, 5.41) is 2.25. The second-order valence-corrected chi connectivity index (χ2v) is 14.7. The average molecular weight is 613 g/mol. The summed E-state index contributed by atoms with van der Waals surface area (Å²) in [6.45, 7) is 8.85. The SMILES string of the molecule is CCn1c2ccccc2c2cc([P@@](=Nc3ccccc3C(F)(F)F)(Oc3ccc(Br)cc3)C(C)(C)C)ccc21. The molecule has 1 heterocycles. The van der Waals surface area contributed by atoms with Crippen molar-refractivity contribution in [2.75, 3.05) is 0 Å². The van der Waals surface area contributed by atoms with E-state index in [-0.39, 0.29) is 5.69 Å². The summed E-state index contributed by atoms with van der Waals surface area (Å²) in [7, 11) is -3.17. The molecule has 1 aromatic heterocycles. The summed E-state index contributed by atoms with van der Waals surface area (Å²) in [5.74, 6) is 0.547. The molecule has 0 bridgehead atoms. The molecule has 0 amide bonds. The number of aryl methyl sites for hydroxylation is 1. The number of aromatic nitrogens is 1. The van der Waals surface area contributed by atoms with E-state index < -0.39 is 24.2 Å². The summed E-state index contributed by atoms with van der Waals surface area (Å²) >= 11 is 3.46. The number of nitrogens with zero attached hydrogens (tertiary/aromatic N) is 2. The molecule has 0 N–H and O–H groups in total. The average Bonchev–Trinajstić information content (AvgIpc) is 3.21. The molecular formula is C31H29BrF3N2OP. The van der Waals surface area contributed by atoms with Crippen molar-refractivity contribution in [1.29, 1.82) is 0 Å². The molecule has 3 nitrogen and oxygen atoms in total. The highest BCUT2D eigenvalue weighted by Crippen LogP contribution is 2.63. The van der Waals surface area contributed by atoms with Crippen LogP contribution < -0.4 is 9.83 Å². The Bertz CT molecular complexity index is 1720. The quantitative estimate of drug-likeness (QED) is 0.181. The van der Waals surface area contributed by atoms with E-state index in [0.29, 0.717) is 5.75 Å². The number of alkyl halides is 3. The van der Waals surface area contributed by atoms with Gasteiger partial charge in [0.2, 0.25) is 0 Å². The summed E-state index contributed by atoms with van der Waals surface area (Å²) in [4.78, 5) is 0. The van der Waals surface area contributed by atoms with Gasteiger partial charge >= 0.3 is 6.18 Å². The molecule has 8 heteroatoms. The lowest BCUT2D eigenvalue weighted by Crippen LogP contribution is -2.27. The Kier molecular flexibility index (Phi) is 7.19. The molecule has 0 fully saturated rings. The van der Waals surface area contributed by atoms with E-state index in [1.807, 2.05) is 69.3 Å². The number of benzene rings is 4. The van der Waals surface area contributed by atoms with Crippen molar-refractivity contribution in [3.63, 3.8) is 0 Å². The number of rotatable bonds is 5. The van der Waals surface area contributed by atoms with Crippen LogP contribution in [0, 0.1) is 0 Å². The van der Waals surface area contributed by atoms with Gasteiger partial charge in [0.15, 0.2) is 7.28 Å². The highest BCUT2D eigenvalue weighted by Gasteiger charge is 2.41. The largest absolute Gasteiger partial charge is 0.455 e. The van der Waals surface area contributed by atoms with Crippen molar-refractivity contribution in [2.24, 2.45) is 4.74 Å². The second kappa shape index (κ2) is 10.2. The van der Waals surface area contributed by atoms with Crippen LogP contribution >= 0.6 is 23.2 Å². The highest BCUT2D eigenvalue weighted by molar-refractivity contribution is 9.10. The van der Waals surface area contributed by atoms with E-state index in [4.69, 9.17) is 9.27 Å². The van der Waals surface area contributed by atoms with Crippen molar-refractivity contribution in [2.45, 2.75) is 45.6 Å². The molecule has 0 aliphatic rings. The number of halogens is 4. The Balaban J connectivity index is 1.88. The lowest BCUT2D eigenvalue weighted by atomic mass is 10.1. The van der Waals surface area contributed by atoms with Crippen molar-refractivity contribution in [3.05, 3.63) is 101 Å². The maximum absolute atomic E-state index is 14.1. The van der Waals surface area contributed by atoms with Crippen LogP contribution in [0.1, 0.15) is 33.3 Å². The molecule has 0 spiro atoms. The predicted octanol–water partition coefficient (Wildman–Crippen LogP) is 10.5. The van der Waals surface area contributed by atoms with E-state index in [2.05, 4.69) is 45.6 Å². The minimum Gasteiger partial charge on any atom is -0.455 e. The van der Waals surface area contributed by atoms with Crippen LogP contribution in [0.2, 0.25) is 0 Å². The summed E-state index contributed by atoms with van der Waals surface area (Å²) in [6.07, 6.45) is -4.55. The van der Waals surface area contributed by atoms with Gasteiger partial charge in [-0.25, -0.2) is 4.74 Å². The van der Waals surface area contributed by atoms with E-state index >= 15 is 0 Å². The van der Waals surface area contributed by atoms with Crippen LogP contribution in [-0.2, 0) is 12.7 Å². The van der Waals surface area contributed by atoms with Gasteiger partial charge in [-0.1, -0.05) is 67.0 Å². The smallest absolute Gasteiger partial charge is 0.418 e. The number of para-hydroxylation sites is 1. The maximum atomic E-state index is 14.1. The maximum Gasteiger partial charge on any atom is 0.418 e. The second-order valence-electron chi connectivity index (χ2n) is 10.4. The molecule has 0 radical (unpaired) electrons. The number of fused-ring (bicyclic) bond motifs is 3. The van der Waals surface area contributed by atoms with Gasteiger partial charge in [0, 0.05) is 43.3 Å². The van der Waals surface area contributed by atoms with Crippen LogP contribution in [0.25, 0.3) is 21.8 Å². The van der Waals surface area contributed by atoms with Gasteiger partial charge in [-0.05, 0) is 67.6 Å². The number of hydrogen-bond acceptors (Lipinski definition) is 2. The van der Waals surface area contributed by atoms with E-state index in [9.17, 15) is 13.2 Å². The zero-order valence-corrected chi connectivity index (χ0v) is 24.6. The molecule has 0 aliphatic carbocycles. The highest BCUT2D eigenvalue weighted by atomic mass is 79.9. The first kappa shape index (κ1) is 27.5. The van der Waals surface area contributed by atoms with E-state index in [1.54, 1.807) is 6.07 Å². The third-order valence-electron chi connectivity index (χ3n) is 6.84. The van der Waals surface area contributed by atoms with Gasteiger partial charge in [-0.3, -0.25) is 0 Å². The molecule has 5 rings (SSSR count). The molecular weight excluding hydrogens is 584 g/mol. The van der Waals surface area contributed by atoms with Crippen LogP contribution in [0.5, 0.6) is 5.75 Å². The third-order valence-corrected chi connectivity index (χ3v) is 11.1. The molecule has 5 aromatic rings. The molecule has 0 saturated heterocycles. The molecule has 0 unspecified atom stereocenters. The third kappa shape index (κ3) is 5.03. The van der Waals surface area contributed by atoms with Crippen molar-refractivity contribution >= 4 is 56.0 Å². The first-order valence-corrected chi connectivity index (χ1v) is 15.2. The summed E-state index contributed by atoms with van der Waals surface area (Å²) < 4.78 is 57.3. The van der Waals surface area contributed by atoms with Gasteiger partial charge in [-0.2, -0.15) is 13.2 Å². The molecule has 0 aliphatic heterocycles. The predicted molar refractivity (Wildman–Crippen MR) is 160 cm³/mol. The van der Waals surface area contributed by atoms with Crippen molar-refractivity contribution in [3.8, 4) is 5.75 Å². The van der Waals surface area contributed by atoms with Gasteiger partial charge in [0.25, 0.3) is 0 Å². The Morgan fingerprint density at radius 2 is 1.46 bits per heavy atom. The molecule has 202 valence electrons. The lowest BCUT2D eigenvalue weighted by molar-refractivity contribution is -0.137. The molecule has 39 heavy (non-hydrogen) atoms. The van der Waals surface area contributed by atoms with Crippen molar-refractivity contribution < 1.29 is 17.7 Å².